The van der Waals surface area contributed by atoms with Crippen molar-refractivity contribution in [3.63, 3.8) is 0 Å². The number of alkyl carbamates (subject to hydrolysis) is 1. The van der Waals surface area contributed by atoms with Gasteiger partial charge in [-0.2, -0.15) is 0 Å². The van der Waals surface area contributed by atoms with Gasteiger partial charge in [0.2, 0.25) is 17.6 Å². The first-order valence-corrected chi connectivity index (χ1v) is 16.4. The van der Waals surface area contributed by atoms with E-state index in [0.717, 1.165) is 12.8 Å². The smallest absolute Gasteiger partial charge is 0.407 e. The van der Waals surface area contributed by atoms with Crippen LogP contribution in [0.3, 0.4) is 0 Å². The number of nitrogens with zero attached hydrogens (tertiary/aromatic N) is 1. The van der Waals surface area contributed by atoms with Gasteiger partial charge in [0.1, 0.15) is 18.7 Å². The van der Waals surface area contributed by atoms with Crippen molar-refractivity contribution in [3.05, 3.63) is 0 Å². The van der Waals surface area contributed by atoms with Gasteiger partial charge in [-0.1, -0.05) is 68.2 Å². The third-order valence-electron chi connectivity index (χ3n) is 8.59. The van der Waals surface area contributed by atoms with E-state index in [1.165, 1.54) is 4.90 Å². The first-order chi connectivity index (χ1) is 20.9. The van der Waals surface area contributed by atoms with Crippen molar-refractivity contribution in [3.8, 4) is 0 Å². The van der Waals surface area contributed by atoms with Gasteiger partial charge in [-0.25, -0.2) is 9.59 Å². The second-order valence-electron chi connectivity index (χ2n) is 16.5. The number of urea groups is 1. The molecule has 2 rings (SSSR count). The average molecular weight is 651 g/mol. The molecular formula is C33H58N6O7. The summed E-state index contributed by atoms with van der Waals surface area (Å²) >= 11 is 0. The van der Waals surface area contributed by atoms with Gasteiger partial charge >= 0.3 is 12.1 Å². The van der Waals surface area contributed by atoms with E-state index in [9.17, 15) is 28.8 Å². The Labute approximate surface area is 274 Å². The lowest BCUT2D eigenvalue weighted by atomic mass is 9.84. The Hall–Kier alpha value is -3.38. The monoisotopic (exact) mass is 650 g/mol. The number of hydrogen-bond acceptors (Lipinski definition) is 7. The molecule has 5 atom stereocenters. The third-order valence-corrected chi connectivity index (χ3v) is 8.59. The molecule has 262 valence electrons. The maximum Gasteiger partial charge on any atom is 0.407 e. The predicted molar refractivity (Wildman–Crippen MR) is 174 cm³/mol. The zero-order chi connectivity index (χ0) is 35.4. The van der Waals surface area contributed by atoms with Crippen LogP contribution in [0.4, 0.5) is 9.59 Å². The standard InChI is InChI=1S/C33H58N6O7/c1-18(2)20-14-15-39(23(20)27(42)35-21(16-19-12-13-19)24(40)26(34)41)28(43)25(32(6,7)8)37-29(44)36-22(31(3,4)5)17-46-30(45)38-33(9,10)11/h18-23,25H,12-17H2,1-11H3,(H2,34,41)(H,35,42)(H,38,45)(H2,36,37,44)/t20-,21?,22-,23+,25-/m1/s1. The van der Waals surface area contributed by atoms with E-state index in [1.54, 1.807) is 0 Å². The number of Topliss-reactive ketones (excluding diaryl/α,β-unsaturated/α-hetero) is 1. The average Bonchev–Trinajstić information content (AvgIpc) is 3.58. The normalized spacial score (nSPS) is 20.7. The number of ketones is 1. The van der Waals surface area contributed by atoms with Crippen molar-refractivity contribution in [2.75, 3.05) is 13.2 Å². The number of hydrogen-bond donors (Lipinski definition) is 5. The van der Waals surface area contributed by atoms with Gasteiger partial charge in [0, 0.05) is 12.1 Å². The molecule has 13 heteroatoms. The summed E-state index contributed by atoms with van der Waals surface area (Å²) in [7, 11) is 0. The highest BCUT2D eigenvalue weighted by atomic mass is 16.5. The van der Waals surface area contributed by atoms with Gasteiger partial charge in [-0.3, -0.25) is 19.2 Å². The highest BCUT2D eigenvalue weighted by Gasteiger charge is 2.48. The Bertz CT molecular complexity index is 1150. The van der Waals surface area contributed by atoms with Crippen LogP contribution in [-0.4, -0.2) is 83.4 Å². The molecule has 0 aromatic rings. The summed E-state index contributed by atoms with van der Waals surface area (Å²) in [5, 5.41) is 11.2. The summed E-state index contributed by atoms with van der Waals surface area (Å²) in [5.74, 6) is -2.84. The van der Waals surface area contributed by atoms with Crippen LogP contribution in [0.2, 0.25) is 0 Å². The van der Waals surface area contributed by atoms with Gasteiger partial charge in [0.25, 0.3) is 5.91 Å². The van der Waals surface area contributed by atoms with Crippen LogP contribution >= 0.6 is 0 Å². The molecule has 1 saturated heterocycles. The molecule has 1 aliphatic heterocycles. The SMILES string of the molecule is CC(C)[C@H]1CCN(C(=O)[C@@H](NC(=O)N[C@H](COC(=O)NC(C)(C)C)C(C)(C)C)C(C)(C)C)[C@@H]1C(=O)NC(CC1CC1)C(=O)C(N)=O. The fraction of sp³-hybridized carbons (Fsp3) is 0.818. The first kappa shape index (κ1) is 38.8. The molecule has 6 amide bonds. The number of rotatable bonds is 12. The second kappa shape index (κ2) is 15.0. The molecule has 13 nitrogen and oxygen atoms in total. The van der Waals surface area contributed by atoms with Crippen molar-refractivity contribution >= 4 is 35.6 Å². The number of nitrogens with two attached hydrogens (primary N) is 1. The van der Waals surface area contributed by atoms with Crippen molar-refractivity contribution < 1.29 is 33.5 Å². The van der Waals surface area contributed by atoms with E-state index in [2.05, 4.69) is 21.3 Å². The number of carbonyl (C=O) groups is 6. The summed E-state index contributed by atoms with van der Waals surface area (Å²) < 4.78 is 5.41. The molecule has 6 N–H and O–H groups in total. The van der Waals surface area contributed by atoms with E-state index in [0.29, 0.717) is 12.8 Å². The van der Waals surface area contributed by atoms with E-state index < -0.39 is 76.2 Å². The van der Waals surface area contributed by atoms with Crippen molar-refractivity contribution in [2.24, 2.45) is 34.3 Å². The minimum atomic E-state index is -1.11. The molecule has 0 radical (unpaired) electrons. The molecule has 1 heterocycles. The lowest BCUT2D eigenvalue weighted by Gasteiger charge is -2.38. The molecule has 0 aromatic heterocycles. The van der Waals surface area contributed by atoms with E-state index in [4.69, 9.17) is 10.5 Å². The van der Waals surface area contributed by atoms with Gasteiger partial charge in [0.05, 0.1) is 12.1 Å². The molecule has 1 saturated carbocycles. The molecule has 2 aliphatic rings. The van der Waals surface area contributed by atoms with Crippen LogP contribution < -0.4 is 27.0 Å². The van der Waals surface area contributed by atoms with Crippen LogP contribution in [-0.2, 0) is 23.9 Å². The topological polar surface area (TPSA) is 189 Å². The summed E-state index contributed by atoms with van der Waals surface area (Å²) in [5.41, 5.74) is 3.55. The summed E-state index contributed by atoms with van der Waals surface area (Å²) in [6.07, 6.45) is 2.09. The molecule has 46 heavy (non-hydrogen) atoms. The van der Waals surface area contributed by atoms with Gasteiger partial charge < -0.3 is 36.6 Å². The molecule has 0 bridgehead atoms. The molecule has 0 aromatic carbocycles. The Balaban J connectivity index is 2.27. The number of ether oxygens (including phenoxy) is 1. The van der Waals surface area contributed by atoms with Gasteiger partial charge in [-0.05, 0) is 62.2 Å². The van der Waals surface area contributed by atoms with E-state index in [1.807, 2.05) is 76.2 Å². The van der Waals surface area contributed by atoms with Crippen molar-refractivity contribution in [2.45, 2.75) is 132 Å². The van der Waals surface area contributed by atoms with Crippen LogP contribution in [0.25, 0.3) is 0 Å². The highest BCUT2D eigenvalue weighted by Crippen LogP contribution is 2.35. The molecule has 1 unspecified atom stereocenters. The fourth-order valence-corrected chi connectivity index (χ4v) is 5.60. The maximum absolute atomic E-state index is 14.2. The van der Waals surface area contributed by atoms with Crippen molar-refractivity contribution in [1.82, 2.24) is 26.2 Å². The summed E-state index contributed by atoms with van der Waals surface area (Å²) in [4.78, 5) is 79.6. The number of carbonyl (C=O) groups excluding carboxylic acids is 6. The van der Waals surface area contributed by atoms with Crippen LogP contribution in [0.5, 0.6) is 0 Å². The van der Waals surface area contributed by atoms with E-state index in [-0.39, 0.29) is 30.9 Å². The molecular weight excluding hydrogens is 592 g/mol. The quantitative estimate of drug-likeness (QED) is 0.201. The summed E-state index contributed by atoms with van der Waals surface area (Å²) in [6.45, 7) is 20.8. The van der Waals surface area contributed by atoms with Crippen LogP contribution in [0.15, 0.2) is 0 Å². The minimum Gasteiger partial charge on any atom is -0.447 e. The highest BCUT2D eigenvalue weighted by molar-refractivity contribution is 6.37. The Kier molecular flexibility index (Phi) is 12.7. The number of likely N-dealkylation sites (tertiary alicyclic amines) is 1. The number of nitrogens with one attached hydrogen (secondary N) is 4. The largest absolute Gasteiger partial charge is 0.447 e. The minimum absolute atomic E-state index is 0.0367. The zero-order valence-corrected chi connectivity index (χ0v) is 29.7. The number of amides is 6. The lowest BCUT2D eigenvalue weighted by Crippen LogP contribution is -2.62. The second-order valence-corrected chi connectivity index (χ2v) is 16.5. The Morgan fingerprint density at radius 2 is 1.43 bits per heavy atom. The lowest BCUT2D eigenvalue weighted by molar-refractivity contribution is -0.144. The summed E-state index contributed by atoms with van der Waals surface area (Å²) in [6, 6.07) is -4.18. The zero-order valence-electron chi connectivity index (χ0n) is 29.7. The van der Waals surface area contributed by atoms with Gasteiger partial charge in [0.15, 0.2) is 0 Å². The Morgan fingerprint density at radius 3 is 1.89 bits per heavy atom. The van der Waals surface area contributed by atoms with Crippen molar-refractivity contribution in [1.29, 1.82) is 0 Å². The number of primary amides is 1. The van der Waals surface area contributed by atoms with E-state index >= 15 is 0 Å². The fourth-order valence-electron chi connectivity index (χ4n) is 5.60. The van der Waals surface area contributed by atoms with Gasteiger partial charge in [-0.15, -0.1) is 0 Å². The third kappa shape index (κ3) is 11.5. The Morgan fingerprint density at radius 1 is 0.848 bits per heavy atom. The molecule has 0 spiro atoms. The van der Waals surface area contributed by atoms with Crippen LogP contribution in [0, 0.1) is 28.6 Å². The predicted octanol–water partition coefficient (Wildman–Crippen LogP) is 2.85. The first-order valence-electron chi connectivity index (χ1n) is 16.4. The maximum atomic E-state index is 14.2. The molecule has 1 aliphatic carbocycles. The van der Waals surface area contributed by atoms with Crippen LogP contribution in [0.1, 0.15) is 102 Å². The molecule has 2 fully saturated rings.